The predicted octanol–water partition coefficient (Wildman–Crippen LogP) is 12.5. The second-order valence-electron chi connectivity index (χ2n) is 19.6. The van der Waals surface area contributed by atoms with E-state index in [2.05, 4.69) is 47.6 Å². The average molecular weight is 765 g/mol. The Morgan fingerprint density at radius 3 is 2.07 bits per heavy atom. The van der Waals surface area contributed by atoms with Crippen LogP contribution >= 0.6 is 0 Å². The molecule has 6 heteroatoms. The van der Waals surface area contributed by atoms with Gasteiger partial charge in [0.1, 0.15) is 18.3 Å². The Bertz CT molecular complexity index is 1130. The number of aliphatic hydroxyl groups excluding tert-OH is 1. The van der Waals surface area contributed by atoms with Crippen LogP contribution in [-0.4, -0.2) is 64.9 Å². The van der Waals surface area contributed by atoms with Crippen LogP contribution in [0.15, 0.2) is 11.6 Å². The van der Waals surface area contributed by atoms with Crippen LogP contribution in [0.3, 0.4) is 0 Å². The van der Waals surface area contributed by atoms with Gasteiger partial charge < -0.3 is 14.6 Å². The van der Waals surface area contributed by atoms with Crippen molar-refractivity contribution in [2.75, 3.05) is 0 Å². The third-order valence-corrected chi connectivity index (χ3v) is 15.2. The first-order valence-electron chi connectivity index (χ1n) is 23.2. The summed E-state index contributed by atoms with van der Waals surface area (Å²) in [6.07, 6.45) is 32.0. The number of unbranched alkanes of at least 4 members (excludes halogenated alkanes) is 10. The van der Waals surface area contributed by atoms with E-state index in [1.54, 1.807) is 5.57 Å². The Kier molecular flexibility index (Phi) is 21.2. The molecule has 4 aliphatic rings. The van der Waals surface area contributed by atoms with E-state index in [0.29, 0.717) is 17.3 Å². The van der Waals surface area contributed by atoms with Gasteiger partial charge in [-0.1, -0.05) is 130 Å². The SMILES string of the molecule is CCCCCCC(CCCCCCCCCCC(=O)O[C@H]1CC[C@@]2(C)C(=CC[C@H]3[C@@H]4CC[C@H]([C@H](C)CCCC(C)C)[C@@]4(C)CC[C@@H]32)C1)OC(=O)C(C)O.[NaH]. The Morgan fingerprint density at radius 2 is 1.43 bits per heavy atom. The standard InChI is InChI=1S/C48H84O5.Na.H/c1-8-9-10-17-23-39(53-46(51)37(5)49)24-18-15-13-11-12-14-16-19-25-45(50)52-40-30-32-47(6)38(34-40)26-27-41-43-29-28-42(36(4)22-20-21-35(2)3)48(43,7)33-31-44(41)47;;/h26,35-37,39-44,49H,8-25,27-34H2,1-7H3;;/t36-,37?,39?,40+,41+,42-,43+,44+,47+,48-;;/m1../s1. The maximum absolute atomic E-state index is 12.9. The summed E-state index contributed by atoms with van der Waals surface area (Å²) >= 11 is 0. The molecule has 3 fully saturated rings. The molecule has 2 unspecified atom stereocenters. The van der Waals surface area contributed by atoms with Gasteiger partial charge in [-0.25, -0.2) is 4.79 Å². The number of hydrogen-bond acceptors (Lipinski definition) is 5. The first kappa shape index (κ1) is 48.0. The van der Waals surface area contributed by atoms with E-state index < -0.39 is 12.1 Å². The van der Waals surface area contributed by atoms with E-state index in [0.717, 1.165) is 93.3 Å². The number of rotatable bonds is 24. The molecule has 3 saturated carbocycles. The van der Waals surface area contributed by atoms with Gasteiger partial charge in [0.25, 0.3) is 0 Å². The molecule has 0 radical (unpaired) electrons. The molecule has 0 saturated heterocycles. The van der Waals surface area contributed by atoms with Gasteiger partial charge in [0.2, 0.25) is 0 Å². The Balaban J connectivity index is 0.00000784. The number of carbonyl (C=O) groups is 2. The summed E-state index contributed by atoms with van der Waals surface area (Å²) in [4.78, 5) is 24.8. The molecule has 0 heterocycles. The van der Waals surface area contributed by atoms with Crippen molar-refractivity contribution in [1.29, 1.82) is 0 Å². The number of carbonyl (C=O) groups excluding carboxylic acids is 2. The zero-order valence-corrected chi connectivity index (χ0v) is 35.7. The number of fused-ring (bicyclic) bond motifs is 5. The summed E-state index contributed by atoms with van der Waals surface area (Å²) in [7, 11) is 0. The number of esters is 2. The van der Waals surface area contributed by atoms with Crippen molar-refractivity contribution < 1.29 is 24.2 Å². The maximum atomic E-state index is 12.9. The molecule has 308 valence electrons. The molecule has 0 aromatic carbocycles. The van der Waals surface area contributed by atoms with Crippen molar-refractivity contribution in [3.05, 3.63) is 11.6 Å². The van der Waals surface area contributed by atoms with E-state index in [1.165, 1.54) is 110 Å². The first-order chi connectivity index (χ1) is 25.4. The number of allylic oxidation sites excluding steroid dienone is 1. The van der Waals surface area contributed by atoms with Crippen LogP contribution < -0.4 is 0 Å². The minimum atomic E-state index is -1.05. The van der Waals surface area contributed by atoms with Gasteiger partial charge in [0, 0.05) is 12.8 Å². The van der Waals surface area contributed by atoms with Crippen molar-refractivity contribution in [3.63, 3.8) is 0 Å². The quantitative estimate of drug-likeness (QED) is 0.0459. The summed E-state index contributed by atoms with van der Waals surface area (Å²) < 4.78 is 11.7. The summed E-state index contributed by atoms with van der Waals surface area (Å²) in [5.41, 5.74) is 2.45. The molecular weight excluding hydrogens is 680 g/mol. The molecule has 0 aromatic heterocycles. The van der Waals surface area contributed by atoms with Crippen molar-refractivity contribution in [1.82, 2.24) is 0 Å². The summed E-state index contributed by atoms with van der Waals surface area (Å²) in [6, 6.07) is 0. The first-order valence-corrected chi connectivity index (χ1v) is 23.2. The topological polar surface area (TPSA) is 72.8 Å². The van der Waals surface area contributed by atoms with Crippen molar-refractivity contribution in [2.24, 2.45) is 46.3 Å². The van der Waals surface area contributed by atoms with Crippen LogP contribution in [0.1, 0.15) is 215 Å². The van der Waals surface area contributed by atoms with Crippen LogP contribution in [0.4, 0.5) is 0 Å². The molecule has 5 nitrogen and oxygen atoms in total. The molecule has 0 amide bonds. The fraction of sp³-hybridized carbons (Fsp3) is 0.917. The monoisotopic (exact) mass is 765 g/mol. The fourth-order valence-electron chi connectivity index (χ4n) is 12.0. The van der Waals surface area contributed by atoms with Crippen LogP contribution in [0, 0.1) is 46.3 Å². The molecule has 0 aliphatic heterocycles. The van der Waals surface area contributed by atoms with E-state index in [4.69, 9.17) is 9.47 Å². The van der Waals surface area contributed by atoms with E-state index in [1.807, 2.05) is 0 Å². The Morgan fingerprint density at radius 1 is 0.778 bits per heavy atom. The van der Waals surface area contributed by atoms with Gasteiger partial charge >= 0.3 is 41.5 Å². The average Bonchev–Trinajstić information content (AvgIpc) is 3.48. The zero-order chi connectivity index (χ0) is 38.4. The molecule has 10 atom stereocenters. The third kappa shape index (κ3) is 13.6. The Hall–Kier alpha value is -0.360. The Labute approximate surface area is 355 Å². The van der Waals surface area contributed by atoms with Crippen molar-refractivity contribution >= 4 is 41.5 Å². The normalized spacial score (nSPS) is 30.6. The molecule has 0 aromatic rings. The van der Waals surface area contributed by atoms with Gasteiger partial charge in [-0.05, 0) is 130 Å². The molecular formula is C48H85NaO5. The fourth-order valence-corrected chi connectivity index (χ4v) is 12.0. The molecule has 1 N–H and O–H groups in total. The van der Waals surface area contributed by atoms with Gasteiger partial charge in [0.05, 0.1) is 0 Å². The van der Waals surface area contributed by atoms with Crippen molar-refractivity contribution in [3.8, 4) is 0 Å². The molecule has 54 heavy (non-hydrogen) atoms. The van der Waals surface area contributed by atoms with Gasteiger partial charge in [-0.15, -0.1) is 0 Å². The van der Waals surface area contributed by atoms with Crippen molar-refractivity contribution in [2.45, 2.75) is 234 Å². The zero-order valence-electron chi connectivity index (χ0n) is 35.7. The molecule has 0 spiro atoms. The van der Waals surface area contributed by atoms with Gasteiger partial charge in [0.15, 0.2) is 0 Å². The van der Waals surface area contributed by atoms with Crippen LogP contribution in [0.25, 0.3) is 0 Å². The third-order valence-electron chi connectivity index (χ3n) is 15.2. The van der Waals surface area contributed by atoms with E-state index in [-0.39, 0.29) is 47.7 Å². The molecule has 4 aliphatic carbocycles. The number of ether oxygens (including phenoxy) is 2. The summed E-state index contributed by atoms with van der Waals surface area (Å²) in [6.45, 7) is 16.3. The summed E-state index contributed by atoms with van der Waals surface area (Å²) in [5.74, 6) is 4.67. The van der Waals surface area contributed by atoms with Gasteiger partial charge in [-0.2, -0.15) is 0 Å². The number of hydrogen-bond donors (Lipinski definition) is 1. The second-order valence-corrected chi connectivity index (χ2v) is 19.6. The van der Waals surface area contributed by atoms with Gasteiger partial charge in [-0.3, -0.25) is 4.79 Å². The predicted molar refractivity (Wildman–Crippen MR) is 227 cm³/mol. The van der Waals surface area contributed by atoms with E-state index >= 15 is 0 Å². The van der Waals surface area contributed by atoms with E-state index in [9.17, 15) is 14.7 Å². The summed E-state index contributed by atoms with van der Waals surface area (Å²) in [5, 5.41) is 9.56. The van der Waals surface area contributed by atoms with Crippen LogP contribution in [0.5, 0.6) is 0 Å². The second kappa shape index (κ2) is 23.9. The van der Waals surface area contributed by atoms with Crippen LogP contribution in [0.2, 0.25) is 0 Å². The minimum absolute atomic E-state index is 0. The molecule has 0 bridgehead atoms. The molecule has 4 rings (SSSR count). The van der Waals surface area contributed by atoms with Crippen LogP contribution in [-0.2, 0) is 19.1 Å². The number of aliphatic hydroxyl groups is 1.